The van der Waals surface area contributed by atoms with Gasteiger partial charge in [0, 0.05) is 6.42 Å². The summed E-state index contributed by atoms with van der Waals surface area (Å²) in [5.74, 6) is 1.59. The SMILES string of the molecule is C=CCO[C@H]1CC[C@@H](COC(c2ccccc2)(c2ccc(OC)cc2)c2ccc(OC)cc2)O1. The average molecular weight is 461 g/mol. The smallest absolute Gasteiger partial charge is 0.158 e. The molecule has 0 aromatic heterocycles. The fourth-order valence-corrected chi connectivity index (χ4v) is 4.39. The first-order valence-electron chi connectivity index (χ1n) is 11.6. The molecule has 1 fully saturated rings. The van der Waals surface area contributed by atoms with Gasteiger partial charge in [-0.1, -0.05) is 60.7 Å². The highest BCUT2D eigenvalue weighted by molar-refractivity contribution is 5.49. The highest BCUT2D eigenvalue weighted by Crippen LogP contribution is 2.42. The molecule has 0 amide bonds. The monoisotopic (exact) mass is 460 g/mol. The molecular formula is C29H32O5. The summed E-state index contributed by atoms with van der Waals surface area (Å²) in [6.07, 6.45) is 3.17. The molecule has 1 aliphatic heterocycles. The van der Waals surface area contributed by atoms with Crippen LogP contribution in [0.15, 0.2) is 91.5 Å². The summed E-state index contributed by atoms with van der Waals surface area (Å²) in [5, 5.41) is 0. The maximum Gasteiger partial charge on any atom is 0.158 e. The third-order valence-electron chi connectivity index (χ3n) is 6.13. The normalized spacial score (nSPS) is 17.9. The number of ether oxygens (including phenoxy) is 5. The number of hydrogen-bond acceptors (Lipinski definition) is 5. The zero-order valence-corrected chi connectivity index (χ0v) is 19.8. The quantitative estimate of drug-likeness (QED) is 0.271. The Kier molecular flexibility index (Phi) is 8.01. The van der Waals surface area contributed by atoms with Crippen molar-refractivity contribution in [2.75, 3.05) is 27.4 Å². The highest BCUT2D eigenvalue weighted by atomic mass is 16.7. The molecular weight excluding hydrogens is 428 g/mol. The second kappa shape index (κ2) is 11.3. The largest absolute Gasteiger partial charge is 0.497 e. The molecule has 5 nitrogen and oxygen atoms in total. The number of hydrogen-bond donors (Lipinski definition) is 0. The average Bonchev–Trinajstić information content (AvgIpc) is 3.37. The zero-order chi connectivity index (χ0) is 23.8. The first kappa shape index (κ1) is 24.0. The van der Waals surface area contributed by atoms with Crippen LogP contribution in [0.3, 0.4) is 0 Å². The maximum atomic E-state index is 6.89. The molecule has 0 bridgehead atoms. The lowest BCUT2D eigenvalue weighted by Crippen LogP contribution is -2.36. The van der Waals surface area contributed by atoms with Crippen molar-refractivity contribution < 1.29 is 23.7 Å². The van der Waals surface area contributed by atoms with E-state index in [2.05, 4.69) is 43.0 Å². The summed E-state index contributed by atoms with van der Waals surface area (Å²) in [6.45, 7) is 4.61. The van der Waals surface area contributed by atoms with Gasteiger partial charge in [-0.2, -0.15) is 0 Å². The minimum absolute atomic E-state index is 0.0607. The van der Waals surface area contributed by atoms with Gasteiger partial charge in [0.1, 0.15) is 17.1 Å². The van der Waals surface area contributed by atoms with Crippen LogP contribution in [0.25, 0.3) is 0 Å². The summed E-state index contributed by atoms with van der Waals surface area (Å²) < 4.78 is 29.5. The van der Waals surface area contributed by atoms with Gasteiger partial charge in [-0.25, -0.2) is 0 Å². The Morgan fingerprint density at radius 2 is 1.38 bits per heavy atom. The molecule has 0 unspecified atom stereocenters. The summed E-state index contributed by atoms with van der Waals surface area (Å²) in [4.78, 5) is 0. The first-order chi connectivity index (χ1) is 16.7. The van der Waals surface area contributed by atoms with E-state index in [0.717, 1.165) is 41.0 Å². The number of methoxy groups -OCH3 is 2. The van der Waals surface area contributed by atoms with Crippen LogP contribution in [0.4, 0.5) is 0 Å². The van der Waals surface area contributed by atoms with Crippen LogP contribution in [-0.2, 0) is 19.8 Å². The van der Waals surface area contributed by atoms with Crippen molar-refractivity contribution in [2.45, 2.75) is 30.8 Å². The van der Waals surface area contributed by atoms with E-state index in [4.69, 9.17) is 23.7 Å². The minimum Gasteiger partial charge on any atom is -0.497 e. The van der Waals surface area contributed by atoms with E-state index < -0.39 is 5.60 Å². The van der Waals surface area contributed by atoms with E-state index in [0.29, 0.717) is 13.2 Å². The summed E-state index contributed by atoms with van der Waals surface area (Å²) >= 11 is 0. The summed E-state index contributed by atoms with van der Waals surface area (Å²) in [5.41, 5.74) is 2.19. The Hall–Kier alpha value is -3.12. The predicted molar refractivity (Wildman–Crippen MR) is 132 cm³/mol. The zero-order valence-electron chi connectivity index (χ0n) is 19.8. The van der Waals surface area contributed by atoms with E-state index in [1.807, 2.05) is 42.5 Å². The molecule has 0 spiro atoms. The lowest BCUT2D eigenvalue weighted by atomic mass is 9.80. The molecule has 3 aromatic carbocycles. The molecule has 5 heteroatoms. The molecule has 0 radical (unpaired) electrons. The van der Waals surface area contributed by atoms with Gasteiger partial charge < -0.3 is 23.7 Å². The third-order valence-corrected chi connectivity index (χ3v) is 6.13. The standard InChI is InChI=1S/C29H32O5/c1-4-20-32-28-19-18-27(34-28)21-33-29(22-8-6-5-7-9-22,23-10-14-25(30-2)15-11-23)24-12-16-26(31-3)17-13-24/h4-17,27-28H,1,18-21H2,2-3H3/t27-,28+/m0/s1. The van der Waals surface area contributed by atoms with Crippen molar-refractivity contribution in [1.29, 1.82) is 0 Å². The van der Waals surface area contributed by atoms with Crippen LogP contribution in [0.5, 0.6) is 11.5 Å². The van der Waals surface area contributed by atoms with Gasteiger partial charge in [0.25, 0.3) is 0 Å². The van der Waals surface area contributed by atoms with Crippen molar-refractivity contribution in [3.8, 4) is 11.5 Å². The van der Waals surface area contributed by atoms with Gasteiger partial charge in [-0.15, -0.1) is 6.58 Å². The Bertz CT molecular complexity index is 983. The van der Waals surface area contributed by atoms with Crippen LogP contribution >= 0.6 is 0 Å². The van der Waals surface area contributed by atoms with E-state index in [-0.39, 0.29) is 12.4 Å². The number of rotatable bonds is 11. The Labute approximate surface area is 201 Å². The van der Waals surface area contributed by atoms with Gasteiger partial charge in [0.2, 0.25) is 0 Å². The van der Waals surface area contributed by atoms with Crippen LogP contribution in [0.1, 0.15) is 29.5 Å². The lowest BCUT2D eigenvalue weighted by Gasteiger charge is -2.37. The van der Waals surface area contributed by atoms with Crippen LogP contribution in [0.2, 0.25) is 0 Å². The summed E-state index contributed by atoms with van der Waals surface area (Å²) in [7, 11) is 3.34. The number of benzene rings is 3. The van der Waals surface area contributed by atoms with Crippen LogP contribution in [-0.4, -0.2) is 39.8 Å². The van der Waals surface area contributed by atoms with Crippen molar-refractivity contribution in [3.05, 3.63) is 108 Å². The molecule has 2 atom stereocenters. The van der Waals surface area contributed by atoms with Gasteiger partial charge in [0.05, 0.1) is 33.5 Å². The molecule has 0 saturated carbocycles. The third kappa shape index (κ3) is 5.17. The molecule has 1 aliphatic rings. The van der Waals surface area contributed by atoms with Crippen molar-refractivity contribution >= 4 is 0 Å². The van der Waals surface area contributed by atoms with Gasteiger partial charge in [-0.05, 0) is 47.4 Å². The molecule has 1 heterocycles. The van der Waals surface area contributed by atoms with Crippen LogP contribution < -0.4 is 9.47 Å². The lowest BCUT2D eigenvalue weighted by molar-refractivity contribution is -0.146. The Morgan fingerprint density at radius 1 is 0.824 bits per heavy atom. The second-order valence-electron chi connectivity index (χ2n) is 8.20. The molecule has 0 N–H and O–H groups in total. The predicted octanol–water partition coefficient (Wildman–Crippen LogP) is 5.72. The molecule has 3 aromatic rings. The van der Waals surface area contributed by atoms with E-state index in [1.54, 1.807) is 20.3 Å². The van der Waals surface area contributed by atoms with Crippen LogP contribution in [0, 0.1) is 0 Å². The van der Waals surface area contributed by atoms with Gasteiger partial charge >= 0.3 is 0 Å². The summed E-state index contributed by atoms with van der Waals surface area (Å²) in [6, 6.07) is 26.4. The topological polar surface area (TPSA) is 46.2 Å². The van der Waals surface area contributed by atoms with E-state index >= 15 is 0 Å². The fraction of sp³-hybridized carbons (Fsp3) is 0.310. The van der Waals surface area contributed by atoms with Gasteiger partial charge in [-0.3, -0.25) is 0 Å². The van der Waals surface area contributed by atoms with E-state index in [1.165, 1.54) is 0 Å². The highest BCUT2D eigenvalue weighted by Gasteiger charge is 2.39. The maximum absolute atomic E-state index is 6.89. The molecule has 34 heavy (non-hydrogen) atoms. The Morgan fingerprint density at radius 3 is 1.91 bits per heavy atom. The van der Waals surface area contributed by atoms with E-state index in [9.17, 15) is 0 Å². The fourth-order valence-electron chi connectivity index (χ4n) is 4.39. The van der Waals surface area contributed by atoms with Crippen molar-refractivity contribution in [2.24, 2.45) is 0 Å². The Balaban J connectivity index is 1.73. The molecule has 178 valence electrons. The first-order valence-corrected chi connectivity index (χ1v) is 11.6. The minimum atomic E-state index is -0.844. The van der Waals surface area contributed by atoms with Crippen molar-refractivity contribution in [3.63, 3.8) is 0 Å². The van der Waals surface area contributed by atoms with Crippen molar-refractivity contribution in [1.82, 2.24) is 0 Å². The molecule has 0 aliphatic carbocycles. The molecule has 4 rings (SSSR count). The second-order valence-corrected chi connectivity index (χ2v) is 8.20. The van der Waals surface area contributed by atoms with Gasteiger partial charge in [0.15, 0.2) is 6.29 Å². The molecule has 1 saturated heterocycles.